The predicted molar refractivity (Wildman–Crippen MR) is 54.5 cm³/mol. The van der Waals surface area contributed by atoms with Crippen LogP contribution in [0, 0.1) is 17.3 Å². The van der Waals surface area contributed by atoms with Gasteiger partial charge in [-0.3, -0.25) is 0 Å². The van der Waals surface area contributed by atoms with Crippen molar-refractivity contribution in [2.45, 2.75) is 58.5 Å². The third kappa shape index (κ3) is 1.32. The molecular formula is C12H22O. The quantitative estimate of drug-likeness (QED) is 0.610. The molecule has 0 aromatic carbocycles. The SMILES string of the molecule is CC1CCCC2CCCC(O)C12C. The molecule has 2 rings (SSSR count). The fourth-order valence-corrected chi connectivity index (χ4v) is 3.62. The van der Waals surface area contributed by atoms with Gasteiger partial charge in [0.25, 0.3) is 0 Å². The number of hydrogen-bond acceptors (Lipinski definition) is 1. The first-order valence-corrected chi connectivity index (χ1v) is 5.83. The zero-order valence-corrected chi connectivity index (χ0v) is 8.92. The van der Waals surface area contributed by atoms with Crippen LogP contribution in [-0.4, -0.2) is 11.2 Å². The van der Waals surface area contributed by atoms with E-state index in [2.05, 4.69) is 13.8 Å². The summed E-state index contributed by atoms with van der Waals surface area (Å²) in [5.41, 5.74) is 0.247. The van der Waals surface area contributed by atoms with E-state index < -0.39 is 0 Å². The van der Waals surface area contributed by atoms with E-state index in [0.29, 0.717) is 0 Å². The zero-order chi connectivity index (χ0) is 9.47. The molecule has 0 amide bonds. The molecule has 4 atom stereocenters. The molecule has 1 nitrogen and oxygen atoms in total. The first kappa shape index (κ1) is 9.51. The van der Waals surface area contributed by atoms with Crippen molar-refractivity contribution in [3.8, 4) is 0 Å². The van der Waals surface area contributed by atoms with Crippen molar-refractivity contribution in [3.63, 3.8) is 0 Å². The maximum atomic E-state index is 10.1. The minimum atomic E-state index is -0.0263. The summed E-state index contributed by atoms with van der Waals surface area (Å²) >= 11 is 0. The molecule has 13 heavy (non-hydrogen) atoms. The smallest absolute Gasteiger partial charge is 0.0599 e. The van der Waals surface area contributed by atoms with E-state index in [4.69, 9.17) is 0 Å². The molecule has 2 saturated carbocycles. The highest BCUT2D eigenvalue weighted by atomic mass is 16.3. The van der Waals surface area contributed by atoms with Crippen LogP contribution >= 0.6 is 0 Å². The minimum Gasteiger partial charge on any atom is -0.393 e. The maximum absolute atomic E-state index is 10.1. The molecule has 76 valence electrons. The number of aliphatic hydroxyl groups is 1. The first-order valence-electron chi connectivity index (χ1n) is 5.83. The van der Waals surface area contributed by atoms with Crippen molar-refractivity contribution < 1.29 is 5.11 Å². The van der Waals surface area contributed by atoms with Crippen LogP contribution in [0.15, 0.2) is 0 Å². The fourth-order valence-electron chi connectivity index (χ4n) is 3.62. The van der Waals surface area contributed by atoms with E-state index in [1.807, 2.05) is 0 Å². The maximum Gasteiger partial charge on any atom is 0.0599 e. The van der Waals surface area contributed by atoms with Crippen LogP contribution in [0.5, 0.6) is 0 Å². The summed E-state index contributed by atoms with van der Waals surface area (Å²) in [7, 11) is 0. The van der Waals surface area contributed by atoms with E-state index in [1.54, 1.807) is 0 Å². The van der Waals surface area contributed by atoms with Crippen molar-refractivity contribution in [3.05, 3.63) is 0 Å². The molecule has 0 radical (unpaired) electrons. The fraction of sp³-hybridized carbons (Fsp3) is 1.00. The van der Waals surface area contributed by atoms with Crippen molar-refractivity contribution >= 4 is 0 Å². The summed E-state index contributed by atoms with van der Waals surface area (Å²) in [5, 5.41) is 10.1. The second-order valence-electron chi connectivity index (χ2n) is 5.34. The Balaban J connectivity index is 2.22. The predicted octanol–water partition coefficient (Wildman–Crippen LogP) is 2.97. The van der Waals surface area contributed by atoms with Crippen molar-refractivity contribution in [1.82, 2.24) is 0 Å². The third-order valence-electron chi connectivity index (χ3n) is 4.88. The summed E-state index contributed by atoms with van der Waals surface area (Å²) in [6.45, 7) is 4.66. The van der Waals surface area contributed by atoms with Crippen LogP contribution in [0.4, 0.5) is 0 Å². The molecule has 2 aliphatic carbocycles. The van der Waals surface area contributed by atoms with Gasteiger partial charge in [0.1, 0.15) is 0 Å². The average molecular weight is 182 g/mol. The lowest BCUT2D eigenvalue weighted by Gasteiger charge is -2.52. The highest BCUT2D eigenvalue weighted by Gasteiger charge is 2.48. The monoisotopic (exact) mass is 182 g/mol. The zero-order valence-electron chi connectivity index (χ0n) is 8.92. The summed E-state index contributed by atoms with van der Waals surface area (Å²) in [5.74, 6) is 1.53. The van der Waals surface area contributed by atoms with Crippen LogP contribution in [0.2, 0.25) is 0 Å². The van der Waals surface area contributed by atoms with Gasteiger partial charge in [0.2, 0.25) is 0 Å². The molecule has 0 aromatic rings. The van der Waals surface area contributed by atoms with Gasteiger partial charge in [0.05, 0.1) is 6.10 Å². The highest BCUT2D eigenvalue weighted by molar-refractivity contribution is 4.98. The largest absolute Gasteiger partial charge is 0.393 e. The molecule has 2 aliphatic rings. The molecule has 1 N–H and O–H groups in total. The molecule has 0 saturated heterocycles. The van der Waals surface area contributed by atoms with Gasteiger partial charge in [-0.2, -0.15) is 0 Å². The number of fused-ring (bicyclic) bond motifs is 1. The molecule has 0 heterocycles. The molecule has 0 spiro atoms. The lowest BCUT2D eigenvalue weighted by Crippen LogP contribution is -2.49. The van der Waals surface area contributed by atoms with Gasteiger partial charge in [-0.25, -0.2) is 0 Å². The minimum absolute atomic E-state index is 0.0263. The molecule has 0 aliphatic heterocycles. The number of rotatable bonds is 0. The van der Waals surface area contributed by atoms with Crippen molar-refractivity contribution in [2.75, 3.05) is 0 Å². The Labute approximate surface area is 81.5 Å². The van der Waals surface area contributed by atoms with E-state index in [1.165, 1.54) is 32.1 Å². The highest BCUT2D eigenvalue weighted by Crippen LogP contribution is 2.53. The van der Waals surface area contributed by atoms with E-state index in [-0.39, 0.29) is 11.5 Å². The average Bonchev–Trinajstić information content (AvgIpc) is 2.10. The Hall–Kier alpha value is -0.0400. The van der Waals surface area contributed by atoms with Crippen LogP contribution in [-0.2, 0) is 0 Å². The standard InChI is InChI=1S/C12H22O/c1-9-5-3-6-10-7-4-8-11(13)12(9,10)2/h9-11,13H,3-8H2,1-2H3. The van der Waals surface area contributed by atoms with Gasteiger partial charge >= 0.3 is 0 Å². The van der Waals surface area contributed by atoms with Crippen LogP contribution in [0.25, 0.3) is 0 Å². The first-order chi connectivity index (χ1) is 6.15. The van der Waals surface area contributed by atoms with Gasteiger partial charge < -0.3 is 5.11 Å². The van der Waals surface area contributed by atoms with Gasteiger partial charge in [-0.15, -0.1) is 0 Å². The van der Waals surface area contributed by atoms with Gasteiger partial charge in [0, 0.05) is 0 Å². The van der Waals surface area contributed by atoms with Gasteiger partial charge in [-0.1, -0.05) is 33.1 Å². The Bertz CT molecular complexity index is 172. The lowest BCUT2D eigenvalue weighted by atomic mass is 9.55. The topological polar surface area (TPSA) is 20.2 Å². The number of aliphatic hydroxyl groups excluding tert-OH is 1. The van der Waals surface area contributed by atoms with E-state index >= 15 is 0 Å². The Kier molecular flexibility index (Phi) is 2.39. The summed E-state index contributed by atoms with van der Waals surface area (Å²) < 4.78 is 0. The van der Waals surface area contributed by atoms with Gasteiger partial charge in [0.15, 0.2) is 0 Å². The van der Waals surface area contributed by atoms with Crippen molar-refractivity contribution in [2.24, 2.45) is 17.3 Å². The summed E-state index contributed by atoms with van der Waals surface area (Å²) in [6.07, 6.45) is 7.68. The molecule has 2 fully saturated rings. The molecule has 0 bridgehead atoms. The lowest BCUT2D eigenvalue weighted by molar-refractivity contribution is -0.0979. The Morgan fingerprint density at radius 2 is 1.69 bits per heavy atom. The van der Waals surface area contributed by atoms with Crippen molar-refractivity contribution in [1.29, 1.82) is 0 Å². The van der Waals surface area contributed by atoms with Crippen LogP contribution in [0.1, 0.15) is 52.4 Å². The third-order valence-corrected chi connectivity index (χ3v) is 4.88. The number of hydrogen-bond donors (Lipinski definition) is 1. The summed E-state index contributed by atoms with van der Waals surface area (Å²) in [4.78, 5) is 0. The molecular weight excluding hydrogens is 160 g/mol. The van der Waals surface area contributed by atoms with Gasteiger partial charge in [-0.05, 0) is 36.5 Å². The van der Waals surface area contributed by atoms with Crippen LogP contribution in [0.3, 0.4) is 0 Å². The van der Waals surface area contributed by atoms with E-state index in [9.17, 15) is 5.11 Å². The van der Waals surface area contributed by atoms with E-state index in [0.717, 1.165) is 18.3 Å². The Morgan fingerprint density at radius 3 is 2.31 bits per heavy atom. The molecule has 0 aromatic heterocycles. The molecule has 1 heteroatoms. The normalized spacial score (nSPS) is 51.5. The Morgan fingerprint density at radius 1 is 1.08 bits per heavy atom. The second kappa shape index (κ2) is 3.27. The molecule has 4 unspecified atom stereocenters. The van der Waals surface area contributed by atoms with Crippen LogP contribution < -0.4 is 0 Å². The summed E-state index contributed by atoms with van der Waals surface area (Å²) in [6, 6.07) is 0. The second-order valence-corrected chi connectivity index (χ2v) is 5.34.